The summed E-state index contributed by atoms with van der Waals surface area (Å²) < 4.78 is 0. The molecule has 104 valence electrons. The highest BCUT2D eigenvalue weighted by Gasteiger charge is 2.45. The molecule has 20 heavy (non-hydrogen) atoms. The third-order valence-electron chi connectivity index (χ3n) is 4.25. The van der Waals surface area contributed by atoms with E-state index < -0.39 is 0 Å². The highest BCUT2D eigenvalue weighted by Crippen LogP contribution is 2.44. The van der Waals surface area contributed by atoms with Crippen molar-refractivity contribution in [2.24, 2.45) is 0 Å². The van der Waals surface area contributed by atoms with Gasteiger partial charge in [0.25, 0.3) is 0 Å². The minimum atomic E-state index is -0.345. The minimum absolute atomic E-state index is 0.0984. The maximum atomic E-state index is 12.7. The zero-order valence-electron chi connectivity index (χ0n) is 11.6. The highest BCUT2D eigenvalue weighted by atomic mass is 16.2. The van der Waals surface area contributed by atoms with Crippen molar-refractivity contribution < 1.29 is 4.79 Å². The van der Waals surface area contributed by atoms with E-state index in [2.05, 4.69) is 27.4 Å². The third kappa shape index (κ3) is 2.11. The van der Waals surface area contributed by atoms with Gasteiger partial charge in [0.15, 0.2) is 0 Å². The summed E-state index contributed by atoms with van der Waals surface area (Å²) >= 11 is 0. The minimum Gasteiger partial charge on any atom is -0.347 e. The molecule has 1 fully saturated rings. The molecule has 0 saturated heterocycles. The van der Waals surface area contributed by atoms with Gasteiger partial charge in [-0.15, -0.1) is 0 Å². The predicted molar refractivity (Wildman–Crippen MR) is 77.1 cm³/mol. The second-order valence-electron chi connectivity index (χ2n) is 5.47. The van der Waals surface area contributed by atoms with Gasteiger partial charge in [-0.25, -0.2) is 4.98 Å². The lowest BCUT2D eigenvalue weighted by molar-refractivity contribution is -0.130. The van der Waals surface area contributed by atoms with Crippen molar-refractivity contribution in [2.75, 3.05) is 0 Å². The number of hydrogen-bond acceptors (Lipinski definition) is 2. The van der Waals surface area contributed by atoms with E-state index in [1.165, 1.54) is 0 Å². The summed E-state index contributed by atoms with van der Waals surface area (Å²) in [5.41, 5.74) is 0.776. The van der Waals surface area contributed by atoms with Crippen molar-refractivity contribution >= 4 is 5.91 Å². The second kappa shape index (κ2) is 5.12. The molecular formula is C16H19N3O. The molecule has 1 aliphatic rings. The molecule has 4 heteroatoms. The van der Waals surface area contributed by atoms with Crippen molar-refractivity contribution in [3.8, 4) is 0 Å². The SMILES string of the molecule is CC(NC(=O)C1(c2ccccc2)CCC1)c1ncc[nH]1. The van der Waals surface area contributed by atoms with Crippen LogP contribution in [0.3, 0.4) is 0 Å². The van der Waals surface area contributed by atoms with E-state index in [4.69, 9.17) is 0 Å². The van der Waals surface area contributed by atoms with Gasteiger partial charge < -0.3 is 10.3 Å². The number of nitrogens with zero attached hydrogens (tertiary/aromatic N) is 1. The molecular weight excluding hydrogens is 250 g/mol. The molecule has 1 aromatic heterocycles. The average Bonchev–Trinajstić information content (AvgIpc) is 2.92. The lowest BCUT2D eigenvalue weighted by Gasteiger charge is -2.41. The molecule has 1 saturated carbocycles. The molecule has 1 atom stereocenters. The molecule has 2 N–H and O–H groups in total. The van der Waals surface area contributed by atoms with Gasteiger partial charge in [0, 0.05) is 12.4 Å². The van der Waals surface area contributed by atoms with Gasteiger partial charge in [-0.2, -0.15) is 0 Å². The molecule has 0 spiro atoms. The molecule has 0 radical (unpaired) electrons. The van der Waals surface area contributed by atoms with Crippen LogP contribution in [0.5, 0.6) is 0 Å². The van der Waals surface area contributed by atoms with E-state index in [0.29, 0.717) is 0 Å². The van der Waals surface area contributed by atoms with Crippen molar-refractivity contribution in [1.29, 1.82) is 0 Å². The van der Waals surface area contributed by atoms with Crippen LogP contribution in [0.4, 0.5) is 0 Å². The van der Waals surface area contributed by atoms with E-state index in [1.807, 2.05) is 25.1 Å². The Morgan fingerprint density at radius 1 is 1.35 bits per heavy atom. The maximum absolute atomic E-state index is 12.7. The van der Waals surface area contributed by atoms with Crippen LogP contribution >= 0.6 is 0 Å². The summed E-state index contributed by atoms with van der Waals surface area (Å²) in [4.78, 5) is 19.9. The van der Waals surface area contributed by atoms with E-state index in [-0.39, 0.29) is 17.4 Å². The number of H-pyrrole nitrogens is 1. The first-order valence-corrected chi connectivity index (χ1v) is 7.08. The van der Waals surface area contributed by atoms with Gasteiger partial charge in [-0.3, -0.25) is 4.79 Å². The van der Waals surface area contributed by atoms with E-state index in [0.717, 1.165) is 30.7 Å². The number of imidazole rings is 1. The fourth-order valence-electron chi connectivity index (χ4n) is 2.85. The normalized spacial score (nSPS) is 18.1. The van der Waals surface area contributed by atoms with Crippen LogP contribution in [0.25, 0.3) is 0 Å². The molecule has 3 rings (SSSR count). The van der Waals surface area contributed by atoms with Crippen molar-refractivity contribution in [1.82, 2.24) is 15.3 Å². The van der Waals surface area contributed by atoms with Crippen LogP contribution in [-0.4, -0.2) is 15.9 Å². The molecule has 0 aliphatic heterocycles. The number of amides is 1. The van der Waals surface area contributed by atoms with E-state index in [9.17, 15) is 4.79 Å². The smallest absolute Gasteiger partial charge is 0.231 e. The average molecular weight is 269 g/mol. The fourth-order valence-corrected chi connectivity index (χ4v) is 2.85. The Morgan fingerprint density at radius 3 is 2.65 bits per heavy atom. The van der Waals surface area contributed by atoms with Crippen LogP contribution in [0.15, 0.2) is 42.7 Å². The van der Waals surface area contributed by atoms with Gasteiger partial charge in [0.05, 0.1) is 11.5 Å². The number of hydrogen-bond donors (Lipinski definition) is 2. The first-order chi connectivity index (χ1) is 9.72. The summed E-state index contributed by atoms with van der Waals surface area (Å²) in [6, 6.07) is 9.99. The Hall–Kier alpha value is -2.10. The number of carbonyl (C=O) groups is 1. The first-order valence-electron chi connectivity index (χ1n) is 7.08. The lowest BCUT2D eigenvalue weighted by Crippen LogP contribution is -2.49. The predicted octanol–water partition coefficient (Wildman–Crippen LogP) is 2.71. The Kier molecular flexibility index (Phi) is 3.30. The molecule has 4 nitrogen and oxygen atoms in total. The molecule has 0 bridgehead atoms. The van der Waals surface area contributed by atoms with Crippen LogP contribution in [0, 0.1) is 0 Å². The molecule has 1 heterocycles. The Morgan fingerprint density at radius 2 is 2.10 bits per heavy atom. The first kappa shape index (κ1) is 12.9. The van der Waals surface area contributed by atoms with E-state index in [1.54, 1.807) is 12.4 Å². The standard InChI is InChI=1S/C16H19N3O/c1-12(14-17-10-11-18-14)19-15(20)16(8-5-9-16)13-6-3-2-4-7-13/h2-4,6-7,10-12H,5,8-9H2,1H3,(H,17,18)(H,19,20). The molecule has 1 aromatic carbocycles. The largest absolute Gasteiger partial charge is 0.347 e. The molecule has 1 aliphatic carbocycles. The molecule has 2 aromatic rings. The number of aromatic amines is 1. The maximum Gasteiger partial charge on any atom is 0.231 e. The summed E-state index contributed by atoms with van der Waals surface area (Å²) in [6.07, 6.45) is 6.43. The van der Waals surface area contributed by atoms with Gasteiger partial charge >= 0.3 is 0 Å². The number of carbonyl (C=O) groups excluding carboxylic acids is 1. The quantitative estimate of drug-likeness (QED) is 0.896. The Labute approximate surface area is 118 Å². The highest BCUT2D eigenvalue weighted by molar-refractivity contribution is 5.89. The number of aromatic nitrogens is 2. The van der Waals surface area contributed by atoms with Crippen molar-refractivity contribution in [3.05, 3.63) is 54.1 Å². The van der Waals surface area contributed by atoms with Crippen LogP contribution in [0.1, 0.15) is 43.6 Å². The van der Waals surface area contributed by atoms with E-state index >= 15 is 0 Å². The number of nitrogens with one attached hydrogen (secondary N) is 2. The number of rotatable bonds is 4. The van der Waals surface area contributed by atoms with Crippen LogP contribution < -0.4 is 5.32 Å². The Bertz CT molecular complexity index is 573. The van der Waals surface area contributed by atoms with Crippen LogP contribution in [-0.2, 0) is 10.2 Å². The summed E-state index contributed by atoms with van der Waals surface area (Å²) in [5.74, 6) is 0.903. The summed E-state index contributed by atoms with van der Waals surface area (Å²) in [7, 11) is 0. The zero-order chi connectivity index (χ0) is 14.0. The van der Waals surface area contributed by atoms with Gasteiger partial charge in [0.2, 0.25) is 5.91 Å². The Balaban J connectivity index is 1.78. The van der Waals surface area contributed by atoms with Gasteiger partial charge in [-0.05, 0) is 25.3 Å². The zero-order valence-corrected chi connectivity index (χ0v) is 11.6. The third-order valence-corrected chi connectivity index (χ3v) is 4.25. The van der Waals surface area contributed by atoms with Crippen LogP contribution in [0.2, 0.25) is 0 Å². The molecule has 1 amide bonds. The fraction of sp³-hybridized carbons (Fsp3) is 0.375. The number of benzene rings is 1. The van der Waals surface area contributed by atoms with Crippen molar-refractivity contribution in [3.63, 3.8) is 0 Å². The van der Waals surface area contributed by atoms with Gasteiger partial charge in [-0.1, -0.05) is 36.8 Å². The second-order valence-corrected chi connectivity index (χ2v) is 5.47. The summed E-state index contributed by atoms with van der Waals surface area (Å²) in [6.45, 7) is 1.95. The van der Waals surface area contributed by atoms with Crippen molar-refractivity contribution in [2.45, 2.75) is 37.6 Å². The lowest BCUT2D eigenvalue weighted by atomic mass is 9.63. The van der Waals surface area contributed by atoms with Gasteiger partial charge in [0.1, 0.15) is 5.82 Å². The summed E-state index contributed by atoms with van der Waals surface area (Å²) in [5, 5.41) is 3.09. The topological polar surface area (TPSA) is 57.8 Å². The monoisotopic (exact) mass is 269 g/mol. The molecule has 1 unspecified atom stereocenters.